The molecule has 1 aliphatic carbocycles. The summed E-state index contributed by atoms with van der Waals surface area (Å²) in [5.41, 5.74) is -0.0770. The fraction of sp³-hybridized carbons (Fsp3) is 0.750. The molecule has 0 aliphatic heterocycles. The monoisotopic (exact) mass is 158 g/mol. The second kappa shape index (κ2) is 3.13. The summed E-state index contributed by atoms with van der Waals surface area (Å²) in [6.45, 7) is 3.92. The molecular weight excluding hydrogens is 144 g/mol. The summed E-state index contributed by atoms with van der Waals surface area (Å²) in [6.07, 6.45) is 1.31. The molecule has 0 radical (unpaired) electrons. The highest BCUT2D eigenvalue weighted by atomic mass is 16.1. The van der Waals surface area contributed by atoms with Crippen LogP contribution in [-0.4, -0.2) is 17.0 Å². The molecule has 0 heterocycles. The molecule has 1 aliphatic rings. The van der Waals surface area contributed by atoms with Gasteiger partial charge in [-0.2, -0.15) is 0 Å². The molecule has 0 aromatic rings. The van der Waals surface area contributed by atoms with E-state index in [9.17, 15) is 9.59 Å². The Hall–Kier alpha value is -0.700. The zero-order valence-electron chi connectivity index (χ0n) is 6.94. The van der Waals surface area contributed by atoms with E-state index < -0.39 is 0 Å². The quantitative estimate of drug-likeness (QED) is 0.482. The van der Waals surface area contributed by atoms with E-state index in [-0.39, 0.29) is 28.9 Å². The third kappa shape index (κ3) is 2.80. The van der Waals surface area contributed by atoms with Crippen LogP contribution >= 0.6 is 0 Å². The van der Waals surface area contributed by atoms with Crippen molar-refractivity contribution in [1.82, 2.24) is 0 Å². The molecule has 1 fully saturated rings. The Kier molecular flexibility index (Phi) is 2.93. The molecular formula is C8H14O3. The zero-order valence-corrected chi connectivity index (χ0v) is 6.94. The van der Waals surface area contributed by atoms with Crippen LogP contribution in [0.3, 0.4) is 0 Å². The highest BCUT2D eigenvalue weighted by Gasteiger charge is 2.31. The van der Waals surface area contributed by atoms with Crippen molar-refractivity contribution in [3.8, 4) is 0 Å². The van der Waals surface area contributed by atoms with E-state index in [0.29, 0.717) is 12.8 Å². The van der Waals surface area contributed by atoms with Crippen LogP contribution in [0, 0.1) is 5.41 Å². The number of rotatable bonds is 0. The molecule has 0 saturated heterocycles. The van der Waals surface area contributed by atoms with Gasteiger partial charge < -0.3 is 5.48 Å². The van der Waals surface area contributed by atoms with Crippen molar-refractivity contribution in [2.24, 2.45) is 5.41 Å². The fourth-order valence-electron chi connectivity index (χ4n) is 1.47. The topological polar surface area (TPSA) is 65.6 Å². The second-order valence-electron chi connectivity index (χ2n) is 3.77. The number of ketones is 2. The van der Waals surface area contributed by atoms with Crippen LogP contribution in [0.2, 0.25) is 0 Å². The standard InChI is InChI=1S/C8H12O2.H2O/c1-8(2)4-6(9)3-7(10)5-8;/h3-5H2,1-2H3;1H2. The van der Waals surface area contributed by atoms with Gasteiger partial charge in [0.15, 0.2) is 0 Å². The van der Waals surface area contributed by atoms with E-state index in [1.54, 1.807) is 0 Å². The van der Waals surface area contributed by atoms with E-state index in [1.165, 1.54) is 0 Å². The Bertz CT molecular complexity index is 164. The molecule has 0 aromatic carbocycles. The molecule has 0 atom stereocenters. The van der Waals surface area contributed by atoms with Gasteiger partial charge in [-0.25, -0.2) is 0 Å². The van der Waals surface area contributed by atoms with E-state index in [2.05, 4.69) is 0 Å². The molecule has 11 heavy (non-hydrogen) atoms. The fourth-order valence-corrected chi connectivity index (χ4v) is 1.47. The van der Waals surface area contributed by atoms with Gasteiger partial charge >= 0.3 is 0 Å². The summed E-state index contributed by atoms with van der Waals surface area (Å²) >= 11 is 0. The van der Waals surface area contributed by atoms with Crippen LogP contribution in [0.5, 0.6) is 0 Å². The summed E-state index contributed by atoms with van der Waals surface area (Å²) in [6, 6.07) is 0. The summed E-state index contributed by atoms with van der Waals surface area (Å²) in [4.78, 5) is 21.7. The van der Waals surface area contributed by atoms with Crippen LogP contribution < -0.4 is 0 Å². The van der Waals surface area contributed by atoms with Crippen LogP contribution in [0.1, 0.15) is 33.1 Å². The maximum absolute atomic E-state index is 10.9. The van der Waals surface area contributed by atoms with Crippen molar-refractivity contribution >= 4 is 11.6 Å². The molecule has 0 aromatic heterocycles. The minimum Gasteiger partial charge on any atom is -0.412 e. The first-order valence-corrected chi connectivity index (χ1v) is 3.53. The molecule has 1 saturated carbocycles. The van der Waals surface area contributed by atoms with Gasteiger partial charge in [-0.15, -0.1) is 0 Å². The minimum absolute atomic E-state index is 0. The normalized spacial score (nSPS) is 22.7. The largest absolute Gasteiger partial charge is 0.412 e. The molecule has 3 heteroatoms. The Morgan fingerprint density at radius 1 is 1.09 bits per heavy atom. The molecule has 1 rings (SSSR count). The third-order valence-electron chi connectivity index (χ3n) is 1.75. The van der Waals surface area contributed by atoms with Gasteiger partial charge in [0, 0.05) is 12.8 Å². The summed E-state index contributed by atoms with van der Waals surface area (Å²) in [5, 5.41) is 0. The molecule has 3 nitrogen and oxygen atoms in total. The first-order chi connectivity index (χ1) is 4.49. The number of Topliss-reactive ketones (excluding diaryl/α,β-unsaturated/α-hetero) is 2. The maximum Gasteiger partial charge on any atom is 0.140 e. The lowest BCUT2D eigenvalue weighted by Gasteiger charge is -2.26. The van der Waals surface area contributed by atoms with Crippen molar-refractivity contribution in [3.63, 3.8) is 0 Å². The average molecular weight is 158 g/mol. The molecule has 0 spiro atoms. The molecule has 64 valence electrons. The SMILES string of the molecule is CC1(C)CC(=O)CC(=O)C1.O. The lowest BCUT2D eigenvalue weighted by atomic mass is 9.76. The lowest BCUT2D eigenvalue weighted by molar-refractivity contribution is -0.133. The van der Waals surface area contributed by atoms with Crippen molar-refractivity contribution < 1.29 is 15.1 Å². The van der Waals surface area contributed by atoms with Gasteiger partial charge in [0.1, 0.15) is 11.6 Å². The number of carbonyl (C=O) groups is 2. The first-order valence-electron chi connectivity index (χ1n) is 3.53. The molecule has 0 unspecified atom stereocenters. The number of hydrogen-bond acceptors (Lipinski definition) is 2. The van der Waals surface area contributed by atoms with Crippen molar-refractivity contribution in [2.45, 2.75) is 33.1 Å². The third-order valence-corrected chi connectivity index (χ3v) is 1.75. The summed E-state index contributed by atoms with van der Waals surface area (Å²) in [5.74, 6) is 0.197. The van der Waals surface area contributed by atoms with Gasteiger partial charge in [0.25, 0.3) is 0 Å². The Morgan fingerprint density at radius 3 is 1.73 bits per heavy atom. The van der Waals surface area contributed by atoms with Gasteiger partial charge in [0.05, 0.1) is 6.42 Å². The van der Waals surface area contributed by atoms with Crippen LogP contribution in [-0.2, 0) is 9.59 Å². The molecule has 0 amide bonds. The number of hydrogen-bond donors (Lipinski definition) is 0. The smallest absolute Gasteiger partial charge is 0.140 e. The van der Waals surface area contributed by atoms with E-state index in [4.69, 9.17) is 0 Å². The summed E-state index contributed by atoms with van der Waals surface area (Å²) in [7, 11) is 0. The van der Waals surface area contributed by atoms with Crippen LogP contribution in [0.4, 0.5) is 0 Å². The van der Waals surface area contributed by atoms with Gasteiger partial charge in [-0.3, -0.25) is 9.59 Å². The highest BCUT2D eigenvalue weighted by molar-refractivity contribution is 6.01. The van der Waals surface area contributed by atoms with E-state index >= 15 is 0 Å². The van der Waals surface area contributed by atoms with E-state index in [0.717, 1.165) is 0 Å². The predicted molar refractivity (Wildman–Crippen MR) is 41.3 cm³/mol. The Labute approximate surface area is 66.1 Å². The molecule has 0 bridgehead atoms. The zero-order chi connectivity index (χ0) is 7.78. The van der Waals surface area contributed by atoms with Crippen LogP contribution in [0.25, 0.3) is 0 Å². The Balaban J connectivity index is 0.000001000. The van der Waals surface area contributed by atoms with Crippen molar-refractivity contribution in [2.75, 3.05) is 0 Å². The predicted octanol–water partition coefficient (Wildman–Crippen LogP) is 0.510. The molecule has 2 N–H and O–H groups in total. The minimum atomic E-state index is -0.0770. The second-order valence-corrected chi connectivity index (χ2v) is 3.77. The highest BCUT2D eigenvalue weighted by Crippen LogP contribution is 2.30. The van der Waals surface area contributed by atoms with Gasteiger partial charge in [0.2, 0.25) is 0 Å². The summed E-state index contributed by atoms with van der Waals surface area (Å²) < 4.78 is 0. The first kappa shape index (κ1) is 10.3. The Morgan fingerprint density at radius 2 is 1.45 bits per heavy atom. The van der Waals surface area contributed by atoms with Crippen LogP contribution in [0.15, 0.2) is 0 Å². The van der Waals surface area contributed by atoms with E-state index in [1.807, 2.05) is 13.8 Å². The lowest BCUT2D eigenvalue weighted by Crippen LogP contribution is -2.28. The van der Waals surface area contributed by atoms with Crippen molar-refractivity contribution in [1.29, 1.82) is 0 Å². The average Bonchev–Trinajstić information content (AvgIpc) is 1.54. The van der Waals surface area contributed by atoms with Gasteiger partial charge in [-0.05, 0) is 5.41 Å². The number of carbonyl (C=O) groups excluding carboxylic acids is 2. The maximum atomic E-state index is 10.9. The van der Waals surface area contributed by atoms with Crippen molar-refractivity contribution in [3.05, 3.63) is 0 Å². The van der Waals surface area contributed by atoms with Gasteiger partial charge in [-0.1, -0.05) is 13.8 Å².